The molecular weight excluding hydrogens is 320 g/mol. The predicted octanol–water partition coefficient (Wildman–Crippen LogP) is 7.01. The largest absolute Gasteiger partial charge is 0.135 e. The first kappa shape index (κ1) is 13.6. The van der Waals surface area contributed by atoms with Crippen molar-refractivity contribution in [3.05, 3.63) is 70.7 Å². The normalized spacial score (nSPS) is 15.1. The SMILES string of the molecule is CC1(C)c2ccccc2-c2ccc3sc4cc(Cl)ccc4c3c21. The van der Waals surface area contributed by atoms with Crippen molar-refractivity contribution in [3.8, 4) is 11.1 Å². The van der Waals surface area contributed by atoms with E-state index in [0.717, 1.165) is 5.02 Å². The van der Waals surface area contributed by atoms with Gasteiger partial charge in [-0.2, -0.15) is 0 Å². The highest BCUT2D eigenvalue weighted by molar-refractivity contribution is 7.25. The second kappa shape index (κ2) is 4.37. The van der Waals surface area contributed by atoms with Crippen molar-refractivity contribution < 1.29 is 0 Å². The molecule has 1 aromatic heterocycles. The average molecular weight is 335 g/mol. The average Bonchev–Trinajstić information content (AvgIpc) is 3.00. The first-order valence-corrected chi connectivity index (χ1v) is 9.02. The highest BCUT2D eigenvalue weighted by atomic mass is 35.5. The van der Waals surface area contributed by atoms with Crippen molar-refractivity contribution in [2.24, 2.45) is 0 Å². The van der Waals surface area contributed by atoms with Crippen LogP contribution in [0.2, 0.25) is 5.02 Å². The van der Waals surface area contributed by atoms with E-state index >= 15 is 0 Å². The smallest absolute Gasteiger partial charge is 0.0420 e. The molecule has 1 aliphatic carbocycles. The summed E-state index contributed by atoms with van der Waals surface area (Å²) < 4.78 is 2.62. The first-order valence-electron chi connectivity index (χ1n) is 7.82. The maximum atomic E-state index is 6.20. The molecule has 0 unspecified atom stereocenters. The Labute approximate surface area is 144 Å². The van der Waals surface area contributed by atoms with E-state index in [1.54, 1.807) is 0 Å². The first-order chi connectivity index (χ1) is 11.1. The molecule has 0 atom stereocenters. The Kier molecular flexibility index (Phi) is 2.58. The third kappa shape index (κ3) is 1.67. The van der Waals surface area contributed by atoms with Gasteiger partial charge < -0.3 is 0 Å². The fourth-order valence-corrected chi connectivity index (χ4v) is 5.50. The van der Waals surface area contributed by atoms with Crippen LogP contribution in [0.3, 0.4) is 0 Å². The summed E-state index contributed by atoms with van der Waals surface area (Å²) in [5, 5.41) is 3.54. The number of benzene rings is 3. The van der Waals surface area contributed by atoms with E-state index < -0.39 is 0 Å². The molecule has 0 spiro atoms. The molecule has 0 N–H and O–H groups in total. The van der Waals surface area contributed by atoms with E-state index in [2.05, 4.69) is 62.4 Å². The van der Waals surface area contributed by atoms with Gasteiger partial charge in [0.2, 0.25) is 0 Å². The summed E-state index contributed by atoms with van der Waals surface area (Å²) in [6.07, 6.45) is 0. The minimum Gasteiger partial charge on any atom is -0.135 e. The highest BCUT2D eigenvalue weighted by Crippen LogP contribution is 2.53. The quantitative estimate of drug-likeness (QED) is 0.324. The van der Waals surface area contributed by atoms with Crippen LogP contribution < -0.4 is 0 Å². The summed E-state index contributed by atoms with van der Waals surface area (Å²) in [5.74, 6) is 0. The van der Waals surface area contributed by atoms with Crippen molar-refractivity contribution in [2.45, 2.75) is 19.3 Å². The lowest BCUT2D eigenvalue weighted by Crippen LogP contribution is -2.15. The molecule has 2 heteroatoms. The summed E-state index contributed by atoms with van der Waals surface area (Å²) in [7, 11) is 0. The van der Waals surface area contributed by atoms with Gasteiger partial charge in [-0.05, 0) is 40.5 Å². The van der Waals surface area contributed by atoms with E-state index in [0.29, 0.717) is 0 Å². The van der Waals surface area contributed by atoms with E-state index in [-0.39, 0.29) is 5.41 Å². The van der Waals surface area contributed by atoms with Gasteiger partial charge in [0.25, 0.3) is 0 Å². The Hall–Kier alpha value is -1.83. The number of rotatable bonds is 0. The van der Waals surface area contributed by atoms with Crippen molar-refractivity contribution in [3.63, 3.8) is 0 Å². The summed E-state index contributed by atoms with van der Waals surface area (Å²) in [5.41, 5.74) is 5.68. The third-order valence-electron chi connectivity index (χ3n) is 5.12. The van der Waals surface area contributed by atoms with Gasteiger partial charge in [0.1, 0.15) is 0 Å². The molecule has 0 nitrogen and oxygen atoms in total. The zero-order valence-electron chi connectivity index (χ0n) is 13.0. The molecule has 3 aromatic carbocycles. The number of thiophene rings is 1. The molecule has 0 saturated heterocycles. The van der Waals surface area contributed by atoms with Crippen LogP contribution in [-0.4, -0.2) is 0 Å². The van der Waals surface area contributed by atoms with Gasteiger partial charge in [-0.25, -0.2) is 0 Å². The van der Waals surface area contributed by atoms with Gasteiger partial charge in [0, 0.05) is 30.6 Å². The predicted molar refractivity (Wildman–Crippen MR) is 102 cm³/mol. The molecule has 0 aliphatic heterocycles. The van der Waals surface area contributed by atoms with Crippen LogP contribution in [0.5, 0.6) is 0 Å². The number of halogens is 1. The molecule has 1 aliphatic rings. The Bertz CT molecular complexity index is 1100. The summed E-state index contributed by atoms with van der Waals surface area (Å²) in [6.45, 7) is 4.69. The highest BCUT2D eigenvalue weighted by Gasteiger charge is 2.37. The second-order valence-corrected chi connectivity index (χ2v) is 8.29. The van der Waals surface area contributed by atoms with Gasteiger partial charge in [0.15, 0.2) is 0 Å². The minimum atomic E-state index is 0.0269. The molecule has 4 aromatic rings. The Morgan fingerprint density at radius 3 is 2.57 bits per heavy atom. The topological polar surface area (TPSA) is 0 Å². The monoisotopic (exact) mass is 334 g/mol. The van der Waals surface area contributed by atoms with Crippen LogP contribution >= 0.6 is 22.9 Å². The van der Waals surface area contributed by atoms with E-state index in [4.69, 9.17) is 11.6 Å². The van der Waals surface area contributed by atoms with Crippen LogP contribution in [0.15, 0.2) is 54.6 Å². The van der Waals surface area contributed by atoms with E-state index in [1.165, 1.54) is 42.4 Å². The lowest BCUT2D eigenvalue weighted by atomic mass is 9.80. The van der Waals surface area contributed by atoms with Crippen LogP contribution in [0.25, 0.3) is 31.3 Å². The summed E-state index contributed by atoms with van der Waals surface area (Å²) in [4.78, 5) is 0. The molecule has 0 saturated carbocycles. The lowest BCUT2D eigenvalue weighted by molar-refractivity contribution is 0.667. The molecule has 0 amide bonds. The van der Waals surface area contributed by atoms with Gasteiger partial charge >= 0.3 is 0 Å². The number of hydrogen-bond donors (Lipinski definition) is 0. The summed E-state index contributed by atoms with van der Waals surface area (Å²) >= 11 is 8.04. The Morgan fingerprint density at radius 2 is 1.70 bits per heavy atom. The van der Waals surface area contributed by atoms with Crippen LogP contribution in [0.4, 0.5) is 0 Å². The maximum Gasteiger partial charge on any atom is 0.0420 e. The van der Waals surface area contributed by atoms with Gasteiger partial charge in [0.05, 0.1) is 0 Å². The fraction of sp³-hybridized carbons (Fsp3) is 0.143. The van der Waals surface area contributed by atoms with Crippen molar-refractivity contribution in [1.82, 2.24) is 0 Å². The van der Waals surface area contributed by atoms with Crippen molar-refractivity contribution in [1.29, 1.82) is 0 Å². The molecule has 5 rings (SSSR count). The number of hydrogen-bond acceptors (Lipinski definition) is 1. The molecule has 112 valence electrons. The molecule has 0 fully saturated rings. The zero-order valence-corrected chi connectivity index (χ0v) is 14.6. The molecule has 1 heterocycles. The standard InChI is InChI=1S/C21H15ClS/c1-21(2)16-6-4-3-5-13(16)14-9-10-17-19(20(14)21)15-8-7-12(22)11-18(15)23-17/h3-11H,1-2H3. The van der Waals surface area contributed by atoms with Crippen LogP contribution in [-0.2, 0) is 5.41 Å². The second-order valence-electron chi connectivity index (χ2n) is 6.77. The molecule has 0 bridgehead atoms. The fourth-order valence-electron chi connectivity index (χ4n) is 4.11. The summed E-state index contributed by atoms with van der Waals surface area (Å²) in [6, 6.07) is 19.6. The van der Waals surface area contributed by atoms with Crippen molar-refractivity contribution >= 4 is 43.1 Å². The molecule has 0 radical (unpaired) electrons. The Balaban J connectivity index is 2.00. The number of fused-ring (bicyclic) bond motifs is 7. The third-order valence-corrected chi connectivity index (χ3v) is 6.47. The van der Waals surface area contributed by atoms with Gasteiger partial charge in [-0.3, -0.25) is 0 Å². The van der Waals surface area contributed by atoms with Crippen LogP contribution in [0.1, 0.15) is 25.0 Å². The van der Waals surface area contributed by atoms with Crippen LogP contribution in [0, 0.1) is 0 Å². The molecule has 23 heavy (non-hydrogen) atoms. The Morgan fingerprint density at radius 1 is 0.870 bits per heavy atom. The van der Waals surface area contributed by atoms with Gasteiger partial charge in [-0.1, -0.05) is 61.8 Å². The van der Waals surface area contributed by atoms with Gasteiger partial charge in [-0.15, -0.1) is 11.3 Å². The van der Waals surface area contributed by atoms with E-state index in [1.807, 2.05) is 17.4 Å². The minimum absolute atomic E-state index is 0.0269. The lowest BCUT2D eigenvalue weighted by Gasteiger charge is -2.22. The van der Waals surface area contributed by atoms with E-state index in [9.17, 15) is 0 Å². The maximum absolute atomic E-state index is 6.20. The molecular formula is C21H15ClS. The zero-order chi connectivity index (χ0) is 15.8. The van der Waals surface area contributed by atoms with Crippen molar-refractivity contribution in [2.75, 3.05) is 0 Å².